The van der Waals surface area contributed by atoms with Crippen molar-refractivity contribution >= 4 is 70.6 Å². The number of aromatic hydroxyl groups is 2. The lowest BCUT2D eigenvalue weighted by atomic mass is 9.85. The van der Waals surface area contributed by atoms with Gasteiger partial charge in [-0.3, -0.25) is 0 Å². The molecule has 0 amide bonds. The van der Waals surface area contributed by atoms with Crippen LogP contribution in [0.1, 0.15) is 167 Å². The molecule has 2 aromatic rings. The number of phenols is 2. The van der Waals surface area contributed by atoms with Crippen LogP contribution in [0, 0.1) is 0 Å². The van der Waals surface area contributed by atoms with E-state index in [9.17, 15) is 10.2 Å². The third-order valence-corrected chi connectivity index (χ3v) is 22.8. The Morgan fingerprint density at radius 1 is 0.483 bits per heavy atom. The van der Waals surface area contributed by atoms with Crippen LogP contribution in [0.15, 0.2) is 36.4 Å². The molecule has 5 aliphatic heterocycles. The number of phenolic OH excluding ortho intramolecular Hbond substituents is 2. The third kappa shape index (κ3) is 14.1. The van der Waals surface area contributed by atoms with Crippen LogP contribution in [0.5, 0.6) is 11.5 Å². The minimum absolute atomic E-state index is 0.00419. The quantitative estimate of drug-likeness (QED) is 0.0844. The minimum Gasteiger partial charge on any atom is -0.508 e. The fraction of sp³-hybridized carbons (Fsp3) is 0.760. The summed E-state index contributed by atoms with van der Waals surface area (Å²) in [6.07, 6.45) is 24.4. The molecule has 10 unspecified atom stereocenters. The van der Waals surface area contributed by atoms with Crippen LogP contribution in [-0.4, -0.2) is 74.2 Å². The molecule has 0 aromatic heterocycles. The Hall–Kier alpha value is 0.140. The smallest absolute Gasteiger partial charge is 0.119 e. The molecule has 2 aromatic carbocycles. The summed E-state index contributed by atoms with van der Waals surface area (Å²) in [7, 11) is 0. The average molecular weight is 902 g/mol. The summed E-state index contributed by atoms with van der Waals surface area (Å²) >= 11 is 14.0. The van der Waals surface area contributed by atoms with Crippen molar-refractivity contribution in [2.45, 2.75) is 220 Å². The molecular weight excluding hydrogens is 825 g/mol. The molecule has 0 radical (unpaired) electrons. The highest BCUT2D eigenvalue weighted by molar-refractivity contribution is 8.10. The molecule has 2 nitrogen and oxygen atoms in total. The predicted molar refractivity (Wildman–Crippen MR) is 268 cm³/mol. The Morgan fingerprint density at radius 3 is 1.45 bits per heavy atom. The normalized spacial score (nSPS) is 30.6. The number of hydrogen-bond acceptors (Lipinski definition) is 8. The number of aryl methyl sites for hydroxylation is 2. The SMILES string of the molecule is CC(C)(C)c1ccc(CCCCCCCC2SC2CC2CC(C3CSCC(CC4SC4CC4SC4CCCCCCCc4ccc(C(C)(C)C)c(O)c4)S3)S2)cc1O. The summed E-state index contributed by atoms with van der Waals surface area (Å²) in [5.41, 5.74) is 4.66. The lowest BCUT2D eigenvalue weighted by Crippen LogP contribution is -2.40. The average Bonchev–Trinajstić information content (AvgIpc) is 4.09. The summed E-state index contributed by atoms with van der Waals surface area (Å²) in [4.78, 5) is 0. The predicted octanol–water partition coefficient (Wildman–Crippen LogP) is 14.9. The van der Waals surface area contributed by atoms with Crippen molar-refractivity contribution in [3.8, 4) is 11.5 Å². The first-order chi connectivity index (χ1) is 27.8. The molecule has 0 aliphatic carbocycles. The van der Waals surface area contributed by atoms with E-state index in [0.717, 1.165) is 76.5 Å². The van der Waals surface area contributed by atoms with Crippen LogP contribution >= 0.6 is 70.6 Å². The lowest BCUT2D eigenvalue weighted by molar-refractivity contribution is 0.445. The number of thioether (sulfide) groups is 6. The van der Waals surface area contributed by atoms with Crippen molar-refractivity contribution in [1.29, 1.82) is 0 Å². The molecule has 10 atom stereocenters. The second kappa shape index (κ2) is 21.2. The van der Waals surface area contributed by atoms with Crippen molar-refractivity contribution in [1.82, 2.24) is 0 Å². The molecule has 324 valence electrons. The van der Waals surface area contributed by atoms with Gasteiger partial charge in [0.25, 0.3) is 0 Å². The Kier molecular flexibility index (Phi) is 16.9. The van der Waals surface area contributed by atoms with Gasteiger partial charge in [-0.25, -0.2) is 0 Å². The molecule has 0 bridgehead atoms. The number of unbranched alkanes of at least 4 members (excludes halogenated alkanes) is 8. The van der Waals surface area contributed by atoms with Crippen molar-refractivity contribution in [2.24, 2.45) is 0 Å². The topological polar surface area (TPSA) is 40.5 Å². The van der Waals surface area contributed by atoms with Gasteiger partial charge < -0.3 is 10.2 Å². The van der Waals surface area contributed by atoms with Gasteiger partial charge in [-0.15, -0.1) is 0 Å². The maximum absolute atomic E-state index is 10.5. The molecule has 58 heavy (non-hydrogen) atoms. The van der Waals surface area contributed by atoms with E-state index in [1.165, 1.54) is 125 Å². The third-order valence-electron chi connectivity index (χ3n) is 13.4. The van der Waals surface area contributed by atoms with E-state index < -0.39 is 0 Å². The maximum Gasteiger partial charge on any atom is 0.119 e. The Morgan fingerprint density at radius 2 is 0.914 bits per heavy atom. The van der Waals surface area contributed by atoms with Crippen LogP contribution in [0.4, 0.5) is 0 Å². The van der Waals surface area contributed by atoms with Crippen molar-refractivity contribution in [2.75, 3.05) is 11.5 Å². The molecule has 0 saturated carbocycles. The van der Waals surface area contributed by atoms with Crippen molar-refractivity contribution < 1.29 is 10.2 Å². The molecular formula is C50H76O2S6. The van der Waals surface area contributed by atoms with Crippen LogP contribution in [0.2, 0.25) is 0 Å². The van der Waals surface area contributed by atoms with Crippen LogP contribution in [-0.2, 0) is 23.7 Å². The van der Waals surface area contributed by atoms with E-state index in [1.54, 1.807) is 0 Å². The second-order valence-electron chi connectivity index (χ2n) is 20.5. The highest BCUT2D eigenvalue weighted by atomic mass is 32.2. The standard InChI is InChI=1S/C50H76O2S6/c1-49(2,3)37-23-21-33(25-39(37)51)17-13-9-7-11-15-19-41-43(56-41)27-35-28-45(54-35)48-32-53-31-36(55-48)29-44-47(58-44)30-46-42(57-46)20-16-12-8-10-14-18-34-22-24-38(40(52)26-34)50(4,5)6/h21-26,35-36,41-48,51-52H,7-20,27-32H2,1-6H3. The lowest BCUT2D eigenvalue weighted by Gasteiger charge is -2.42. The number of hydrogen-bond donors (Lipinski definition) is 2. The molecule has 5 aliphatic rings. The Balaban J connectivity index is 0.658. The molecule has 7 rings (SSSR count). The molecule has 8 heteroatoms. The van der Waals surface area contributed by atoms with Gasteiger partial charge in [0, 0.05) is 64.0 Å². The monoisotopic (exact) mass is 900 g/mol. The van der Waals surface area contributed by atoms with E-state index in [0.29, 0.717) is 11.5 Å². The van der Waals surface area contributed by atoms with E-state index in [1.807, 2.05) is 12.1 Å². The first-order valence-corrected chi connectivity index (χ1v) is 29.2. The zero-order chi connectivity index (χ0) is 40.9. The van der Waals surface area contributed by atoms with Gasteiger partial charge in [0.05, 0.1) is 0 Å². The van der Waals surface area contributed by atoms with E-state index >= 15 is 0 Å². The van der Waals surface area contributed by atoms with Crippen LogP contribution in [0.25, 0.3) is 0 Å². The Labute approximate surface area is 380 Å². The minimum atomic E-state index is -0.00419. The Bertz CT molecular complexity index is 1600. The fourth-order valence-corrected chi connectivity index (χ4v) is 18.9. The second-order valence-corrected chi connectivity index (χ2v) is 29.1. The van der Waals surface area contributed by atoms with Gasteiger partial charge in [0.2, 0.25) is 0 Å². The van der Waals surface area contributed by atoms with E-state index in [-0.39, 0.29) is 10.8 Å². The molecule has 5 saturated heterocycles. The summed E-state index contributed by atoms with van der Waals surface area (Å²) in [6, 6.07) is 12.7. The molecule has 5 heterocycles. The molecule has 2 N–H and O–H groups in total. The van der Waals surface area contributed by atoms with E-state index in [2.05, 4.69) is 136 Å². The van der Waals surface area contributed by atoms with Crippen molar-refractivity contribution in [3.63, 3.8) is 0 Å². The zero-order valence-corrected chi connectivity index (χ0v) is 41.6. The summed E-state index contributed by atoms with van der Waals surface area (Å²) in [6.45, 7) is 13.0. The van der Waals surface area contributed by atoms with Gasteiger partial charge in [-0.05, 0) is 109 Å². The maximum atomic E-state index is 10.5. The highest BCUT2D eigenvalue weighted by Crippen LogP contribution is 2.58. The van der Waals surface area contributed by atoms with Gasteiger partial charge in [-0.1, -0.05) is 117 Å². The number of rotatable bonds is 23. The zero-order valence-electron chi connectivity index (χ0n) is 36.7. The summed E-state index contributed by atoms with van der Waals surface area (Å²) in [5, 5.41) is 30.4. The van der Waals surface area contributed by atoms with Gasteiger partial charge in [-0.2, -0.15) is 70.6 Å². The largest absolute Gasteiger partial charge is 0.508 e. The van der Waals surface area contributed by atoms with Crippen LogP contribution < -0.4 is 0 Å². The highest BCUT2D eigenvalue weighted by Gasteiger charge is 2.49. The molecule has 0 spiro atoms. The summed E-state index contributed by atoms with van der Waals surface area (Å²) < 4.78 is 0. The van der Waals surface area contributed by atoms with Crippen LogP contribution in [0.3, 0.4) is 0 Å². The van der Waals surface area contributed by atoms with E-state index in [4.69, 9.17) is 0 Å². The first kappa shape index (κ1) is 46.1. The first-order valence-electron chi connectivity index (χ1n) is 23.3. The van der Waals surface area contributed by atoms with Crippen molar-refractivity contribution in [3.05, 3.63) is 58.7 Å². The number of benzene rings is 2. The van der Waals surface area contributed by atoms with Gasteiger partial charge in [0.1, 0.15) is 11.5 Å². The van der Waals surface area contributed by atoms with Gasteiger partial charge in [0.15, 0.2) is 0 Å². The fourth-order valence-electron chi connectivity index (χ4n) is 9.61. The molecule has 5 fully saturated rings. The summed E-state index contributed by atoms with van der Waals surface area (Å²) in [5.74, 6) is 3.73. The van der Waals surface area contributed by atoms with Gasteiger partial charge >= 0.3 is 0 Å².